The SMILES string of the molecule is Nc1ccnc2c1ccn2CCF. The van der Waals surface area contributed by atoms with Gasteiger partial charge in [0.1, 0.15) is 12.3 Å². The number of nitrogen functional groups attached to an aromatic ring is 1. The number of nitrogens with two attached hydrogens (primary N) is 1. The number of rotatable bonds is 2. The predicted octanol–water partition coefficient (Wildman–Crippen LogP) is 1.59. The second-order valence-corrected chi connectivity index (χ2v) is 2.84. The highest BCUT2D eigenvalue weighted by molar-refractivity contribution is 5.88. The first-order valence-electron chi connectivity index (χ1n) is 4.08. The number of aryl methyl sites for hydroxylation is 1. The van der Waals surface area contributed by atoms with Crippen LogP contribution < -0.4 is 5.73 Å². The van der Waals surface area contributed by atoms with E-state index in [9.17, 15) is 4.39 Å². The van der Waals surface area contributed by atoms with Crippen LogP contribution in [0, 0.1) is 0 Å². The Morgan fingerprint density at radius 2 is 2.31 bits per heavy atom. The number of aromatic nitrogens is 2. The smallest absolute Gasteiger partial charge is 0.141 e. The molecule has 0 amide bonds. The van der Waals surface area contributed by atoms with Crippen LogP contribution in [0.2, 0.25) is 0 Å². The quantitative estimate of drug-likeness (QED) is 0.760. The number of hydrogen-bond acceptors (Lipinski definition) is 2. The molecule has 2 aromatic heterocycles. The molecule has 0 aromatic carbocycles. The normalized spacial score (nSPS) is 10.8. The first-order chi connectivity index (χ1) is 6.33. The zero-order chi connectivity index (χ0) is 9.26. The second kappa shape index (κ2) is 3.05. The number of anilines is 1. The summed E-state index contributed by atoms with van der Waals surface area (Å²) < 4.78 is 13.9. The van der Waals surface area contributed by atoms with Gasteiger partial charge in [-0.1, -0.05) is 0 Å². The molecule has 3 nitrogen and oxygen atoms in total. The predicted molar refractivity (Wildman–Crippen MR) is 50.1 cm³/mol. The van der Waals surface area contributed by atoms with E-state index >= 15 is 0 Å². The van der Waals surface area contributed by atoms with E-state index in [1.54, 1.807) is 23.0 Å². The summed E-state index contributed by atoms with van der Waals surface area (Å²) >= 11 is 0. The van der Waals surface area contributed by atoms with Gasteiger partial charge in [-0.05, 0) is 12.1 Å². The van der Waals surface area contributed by atoms with Crippen LogP contribution in [0.1, 0.15) is 0 Å². The lowest BCUT2D eigenvalue weighted by atomic mass is 10.3. The van der Waals surface area contributed by atoms with E-state index in [4.69, 9.17) is 5.73 Å². The highest BCUT2D eigenvalue weighted by Crippen LogP contribution is 2.19. The van der Waals surface area contributed by atoms with Crippen LogP contribution in [0.25, 0.3) is 11.0 Å². The third-order valence-corrected chi connectivity index (χ3v) is 2.02. The van der Waals surface area contributed by atoms with E-state index in [2.05, 4.69) is 4.98 Å². The summed E-state index contributed by atoms with van der Waals surface area (Å²) in [6.07, 6.45) is 3.43. The number of hydrogen-bond donors (Lipinski definition) is 1. The van der Waals surface area contributed by atoms with Crippen molar-refractivity contribution in [2.24, 2.45) is 0 Å². The summed E-state index contributed by atoms with van der Waals surface area (Å²) in [5.41, 5.74) is 7.15. The minimum Gasteiger partial charge on any atom is -0.398 e. The fourth-order valence-corrected chi connectivity index (χ4v) is 1.38. The molecule has 0 saturated carbocycles. The maximum atomic E-state index is 12.1. The first kappa shape index (κ1) is 8.04. The standard InChI is InChI=1S/C9H10FN3/c10-3-6-13-5-2-7-8(11)1-4-12-9(7)13/h1-2,4-5H,3,6H2,(H2,11,12). The molecule has 0 aliphatic carbocycles. The number of alkyl halides is 1. The van der Waals surface area contributed by atoms with Gasteiger partial charge >= 0.3 is 0 Å². The average Bonchev–Trinajstić information content (AvgIpc) is 2.51. The van der Waals surface area contributed by atoms with Crippen LogP contribution in [0.3, 0.4) is 0 Å². The molecule has 0 bridgehead atoms. The number of nitrogens with zero attached hydrogens (tertiary/aromatic N) is 2. The van der Waals surface area contributed by atoms with E-state index in [1.165, 1.54) is 0 Å². The van der Waals surface area contributed by atoms with E-state index in [0.717, 1.165) is 11.0 Å². The Morgan fingerprint density at radius 1 is 1.46 bits per heavy atom. The minimum absolute atomic E-state index is 0.333. The highest BCUT2D eigenvalue weighted by atomic mass is 19.1. The van der Waals surface area contributed by atoms with Gasteiger partial charge < -0.3 is 10.3 Å². The van der Waals surface area contributed by atoms with Crippen molar-refractivity contribution in [3.8, 4) is 0 Å². The lowest BCUT2D eigenvalue weighted by molar-refractivity contribution is 0.450. The van der Waals surface area contributed by atoms with Crippen molar-refractivity contribution in [2.45, 2.75) is 6.54 Å². The van der Waals surface area contributed by atoms with Gasteiger partial charge in [0.15, 0.2) is 0 Å². The van der Waals surface area contributed by atoms with Crippen molar-refractivity contribution >= 4 is 16.7 Å². The fraction of sp³-hybridized carbons (Fsp3) is 0.222. The largest absolute Gasteiger partial charge is 0.398 e. The van der Waals surface area contributed by atoms with Crippen LogP contribution in [-0.4, -0.2) is 16.2 Å². The van der Waals surface area contributed by atoms with Crippen molar-refractivity contribution < 1.29 is 4.39 Å². The zero-order valence-corrected chi connectivity index (χ0v) is 7.07. The van der Waals surface area contributed by atoms with E-state index in [1.807, 2.05) is 6.07 Å². The summed E-state index contributed by atoms with van der Waals surface area (Å²) in [5.74, 6) is 0. The Bertz CT molecular complexity index is 422. The van der Waals surface area contributed by atoms with Gasteiger partial charge in [-0.2, -0.15) is 0 Å². The number of pyridine rings is 1. The third-order valence-electron chi connectivity index (χ3n) is 2.02. The average molecular weight is 179 g/mol. The maximum absolute atomic E-state index is 12.1. The van der Waals surface area contributed by atoms with E-state index in [0.29, 0.717) is 12.2 Å². The molecule has 0 radical (unpaired) electrons. The third kappa shape index (κ3) is 1.24. The molecule has 0 unspecified atom stereocenters. The molecule has 2 N–H and O–H groups in total. The summed E-state index contributed by atoms with van der Waals surface area (Å²) in [5, 5.41) is 0.885. The molecule has 13 heavy (non-hydrogen) atoms. The topological polar surface area (TPSA) is 43.8 Å². The Balaban J connectivity index is 2.61. The molecule has 0 aliphatic rings. The zero-order valence-electron chi connectivity index (χ0n) is 7.07. The Morgan fingerprint density at radius 3 is 3.08 bits per heavy atom. The van der Waals surface area contributed by atoms with Crippen LogP contribution >= 0.6 is 0 Å². The lowest BCUT2D eigenvalue weighted by Gasteiger charge is -2.00. The lowest BCUT2D eigenvalue weighted by Crippen LogP contribution is -1.99. The fourth-order valence-electron chi connectivity index (χ4n) is 1.38. The number of fused-ring (bicyclic) bond motifs is 1. The number of halogens is 1. The molecule has 0 atom stereocenters. The molecule has 2 rings (SSSR count). The monoisotopic (exact) mass is 179 g/mol. The molecule has 2 heterocycles. The Labute approximate surface area is 75.0 Å². The molecule has 68 valence electrons. The maximum Gasteiger partial charge on any atom is 0.141 e. The van der Waals surface area contributed by atoms with Crippen LogP contribution in [0.15, 0.2) is 24.5 Å². The van der Waals surface area contributed by atoms with Crippen molar-refractivity contribution in [1.82, 2.24) is 9.55 Å². The van der Waals surface area contributed by atoms with Gasteiger partial charge in [0.2, 0.25) is 0 Å². The summed E-state index contributed by atoms with van der Waals surface area (Å²) in [4.78, 5) is 4.14. The van der Waals surface area contributed by atoms with Crippen LogP contribution in [-0.2, 0) is 6.54 Å². The van der Waals surface area contributed by atoms with Crippen LogP contribution in [0.5, 0.6) is 0 Å². The summed E-state index contributed by atoms with van der Waals surface area (Å²) in [6.45, 7) is -0.0553. The van der Waals surface area contributed by atoms with Crippen molar-refractivity contribution in [1.29, 1.82) is 0 Å². The minimum atomic E-state index is -0.389. The second-order valence-electron chi connectivity index (χ2n) is 2.84. The van der Waals surface area contributed by atoms with E-state index in [-0.39, 0.29) is 6.67 Å². The highest BCUT2D eigenvalue weighted by Gasteiger charge is 2.03. The van der Waals surface area contributed by atoms with Gasteiger partial charge in [0.05, 0.1) is 6.54 Å². The van der Waals surface area contributed by atoms with E-state index < -0.39 is 0 Å². The molecule has 0 spiro atoms. The molecular formula is C9H10FN3. The summed E-state index contributed by atoms with van der Waals surface area (Å²) in [7, 11) is 0. The first-order valence-corrected chi connectivity index (χ1v) is 4.08. The Kier molecular flexibility index (Phi) is 1.88. The van der Waals surface area contributed by atoms with Gasteiger partial charge in [0, 0.05) is 23.5 Å². The van der Waals surface area contributed by atoms with Crippen molar-refractivity contribution in [2.75, 3.05) is 12.4 Å². The molecular weight excluding hydrogens is 169 g/mol. The van der Waals surface area contributed by atoms with Gasteiger partial charge in [-0.3, -0.25) is 0 Å². The summed E-state index contributed by atoms with van der Waals surface area (Å²) in [6, 6.07) is 3.59. The molecule has 0 fully saturated rings. The van der Waals surface area contributed by atoms with Gasteiger partial charge in [-0.25, -0.2) is 9.37 Å². The van der Waals surface area contributed by atoms with Crippen LogP contribution in [0.4, 0.5) is 10.1 Å². The Hall–Kier alpha value is -1.58. The molecule has 0 saturated heterocycles. The molecule has 0 aliphatic heterocycles. The van der Waals surface area contributed by atoms with Gasteiger partial charge in [0.25, 0.3) is 0 Å². The van der Waals surface area contributed by atoms with Gasteiger partial charge in [-0.15, -0.1) is 0 Å². The molecule has 2 aromatic rings. The van der Waals surface area contributed by atoms with Crippen molar-refractivity contribution in [3.63, 3.8) is 0 Å². The van der Waals surface area contributed by atoms with Crippen molar-refractivity contribution in [3.05, 3.63) is 24.5 Å². The molecule has 4 heteroatoms.